The molecule has 0 aromatic carbocycles. The van der Waals surface area contributed by atoms with E-state index in [1.54, 1.807) is 19.3 Å². The van der Waals surface area contributed by atoms with E-state index < -0.39 is 0 Å². The van der Waals surface area contributed by atoms with Crippen LogP contribution in [0.2, 0.25) is 0 Å². The van der Waals surface area contributed by atoms with Gasteiger partial charge in [-0.25, -0.2) is 0 Å². The van der Waals surface area contributed by atoms with Crippen molar-refractivity contribution < 1.29 is 0 Å². The van der Waals surface area contributed by atoms with Gasteiger partial charge >= 0.3 is 0 Å². The van der Waals surface area contributed by atoms with Gasteiger partial charge in [0.25, 0.3) is 0 Å². The molecule has 0 nitrogen and oxygen atoms in total. The van der Waals surface area contributed by atoms with E-state index in [1.807, 2.05) is 0 Å². The van der Waals surface area contributed by atoms with Gasteiger partial charge < -0.3 is 0 Å². The molecular weight excluding hydrogens is 176 g/mol. The molecule has 5 aliphatic carbocycles. The second kappa shape index (κ2) is 2.13. The first-order valence-corrected chi connectivity index (χ1v) is 6.91. The van der Waals surface area contributed by atoms with Crippen molar-refractivity contribution in [3.63, 3.8) is 0 Å². The van der Waals surface area contributed by atoms with Gasteiger partial charge in [0.05, 0.1) is 0 Å². The average molecular weight is 194 g/mol. The molecule has 6 aliphatic rings. The third-order valence-corrected chi connectivity index (χ3v) is 7.30. The van der Waals surface area contributed by atoms with Gasteiger partial charge in [0.1, 0.15) is 0 Å². The standard InChI is InChI=1S/C12H18S/c1-2-3-4-12-6-8-7-5-9(13-12)10(8)11(7)12/h7-11H,2-6H2,1H3/t7?,8?,9?,10?,11?,12-/m1/s1. The molecule has 6 atom stereocenters. The van der Waals surface area contributed by atoms with Crippen molar-refractivity contribution in [2.75, 3.05) is 0 Å². The molecule has 0 radical (unpaired) electrons. The van der Waals surface area contributed by atoms with E-state index >= 15 is 0 Å². The maximum Gasteiger partial charge on any atom is 0.0199 e. The van der Waals surface area contributed by atoms with Crippen LogP contribution in [-0.2, 0) is 0 Å². The normalized spacial score (nSPS) is 64.8. The summed E-state index contributed by atoms with van der Waals surface area (Å²) >= 11 is 2.42. The highest BCUT2D eigenvalue weighted by Gasteiger charge is 2.78. The Balaban J connectivity index is 1.64. The van der Waals surface area contributed by atoms with E-state index in [2.05, 4.69) is 18.7 Å². The van der Waals surface area contributed by atoms with Gasteiger partial charge in [-0.15, -0.1) is 0 Å². The maximum atomic E-state index is 2.42. The molecule has 6 bridgehead atoms. The van der Waals surface area contributed by atoms with Crippen molar-refractivity contribution in [2.24, 2.45) is 23.7 Å². The molecule has 1 saturated heterocycles. The lowest BCUT2D eigenvalue weighted by molar-refractivity contribution is 0.132. The highest BCUT2D eigenvalue weighted by atomic mass is 32.2. The molecule has 0 spiro atoms. The van der Waals surface area contributed by atoms with Crippen LogP contribution in [0.25, 0.3) is 0 Å². The summed E-state index contributed by atoms with van der Waals surface area (Å²) in [6, 6.07) is 0. The quantitative estimate of drug-likeness (QED) is 0.664. The number of rotatable bonds is 3. The second-order valence-corrected chi connectivity index (χ2v) is 7.35. The van der Waals surface area contributed by atoms with Crippen molar-refractivity contribution in [3.05, 3.63) is 0 Å². The van der Waals surface area contributed by atoms with Crippen LogP contribution in [0.3, 0.4) is 0 Å². The highest BCUT2D eigenvalue weighted by Crippen LogP contribution is 2.83. The fourth-order valence-electron chi connectivity index (χ4n) is 5.13. The van der Waals surface area contributed by atoms with Crippen LogP contribution in [0.4, 0.5) is 0 Å². The summed E-state index contributed by atoms with van der Waals surface area (Å²) in [5, 5.41) is 1.13. The van der Waals surface area contributed by atoms with Crippen LogP contribution in [0.1, 0.15) is 39.0 Å². The summed E-state index contributed by atoms with van der Waals surface area (Å²) in [4.78, 5) is 0. The average Bonchev–Trinajstić information content (AvgIpc) is 2.81. The Labute approximate surface area is 84.9 Å². The number of unbranched alkanes of at least 4 members (excludes halogenated alkanes) is 1. The predicted octanol–water partition coefficient (Wildman–Crippen LogP) is 3.32. The molecule has 1 aliphatic heterocycles. The maximum absolute atomic E-state index is 2.42. The lowest BCUT2D eigenvalue weighted by Gasteiger charge is -2.36. The highest BCUT2D eigenvalue weighted by molar-refractivity contribution is 8.01. The largest absolute Gasteiger partial charge is 0.151 e. The summed E-state index contributed by atoms with van der Waals surface area (Å²) in [5.41, 5.74) is 0. The monoisotopic (exact) mass is 194 g/mol. The molecule has 72 valence electrons. The van der Waals surface area contributed by atoms with Crippen LogP contribution in [-0.4, -0.2) is 10.00 Å². The fraction of sp³-hybridized carbons (Fsp3) is 1.00. The van der Waals surface area contributed by atoms with Crippen LogP contribution >= 0.6 is 11.8 Å². The summed E-state index contributed by atoms with van der Waals surface area (Å²) in [6.07, 6.45) is 7.67. The molecule has 0 N–H and O–H groups in total. The molecule has 0 aromatic heterocycles. The van der Waals surface area contributed by atoms with Crippen LogP contribution in [0.15, 0.2) is 0 Å². The van der Waals surface area contributed by atoms with Gasteiger partial charge in [-0.2, -0.15) is 11.8 Å². The Morgan fingerprint density at radius 3 is 2.92 bits per heavy atom. The van der Waals surface area contributed by atoms with Gasteiger partial charge in [0, 0.05) is 10.00 Å². The SMILES string of the molecule is CCCC[C@]12CC3C4CC(S1)C3C42. The molecule has 6 fully saturated rings. The van der Waals surface area contributed by atoms with E-state index in [4.69, 9.17) is 0 Å². The van der Waals surface area contributed by atoms with E-state index in [1.165, 1.54) is 36.5 Å². The minimum Gasteiger partial charge on any atom is -0.151 e. The van der Waals surface area contributed by atoms with Gasteiger partial charge in [0.15, 0.2) is 0 Å². The number of hydrogen-bond donors (Lipinski definition) is 0. The third kappa shape index (κ3) is 0.643. The van der Waals surface area contributed by atoms with Gasteiger partial charge in [-0.1, -0.05) is 19.8 Å². The van der Waals surface area contributed by atoms with Crippen molar-refractivity contribution in [2.45, 2.75) is 49.0 Å². The molecule has 5 saturated carbocycles. The lowest BCUT2D eigenvalue weighted by Crippen LogP contribution is -2.35. The molecule has 5 unspecified atom stereocenters. The van der Waals surface area contributed by atoms with Gasteiger partial charge in [0.2, 0.25) is 0 Å². The molecule has 0 aromatic rings. The lowest BCUT2D eigenvalue weighted by atomic mass is 9.69. The summed E-state index contributed by atoms with van der Waals surface area (Å²) < 4.78 is 0.832. The number of hydrogen-bond acceptors (Lipinski definition) is 1. The Bertz CT molecular complexity index is 252. The second-order valence-electron chi connectivity index (χ2n) is 5.70. The van der Waals surface area contributed by atoms with Crippen LogP contribution < -0.4 is 0 Å². The number of thioether (sulfide) groups is 1. The van der Waals surface area contributed by atoms with E-state index in [9.17, 15) is 0 Å². The topological polar surface area (TPSA) is 0 Å². The van der Waals surface area contributed by atoms with Crippen molar-refractivity contribution in [3.8, 4) is 0 Å². The van der Waals surface area contributed by atoms with Crippen LogP contribution in [0, 0.1) is 23.7 Å². The molecule has 13 heavy (non-hydrogen) atoms. The van der Waals surface area contributed by atoms with Gasteiger partial charge in [-0.3, -0.25) is 0 Å². The zero-order valence-electron chi connectivity index (χ0n) is 8.33. The van der Waals surface area contributed by atoms with Crippen molar-refractivity contribution >= 4 is 11.8 Å². The fourth-order valence-corrected chi connectivity index (χ4v) is 7.62. The van der Waals surface area contributed by atoms with E-state index in [-0.39, 0.29) is 0 Å². The summed E-state index contributed by atoms with van der Waals surface area (Å²) in [6.45, 7) is 2.34. The van der Waals surface area contributed by atoms with E-state index in [0.29, 0.717) is 0 Å². The third-order valence-electron chi connectivity index (χ3n) is 5.38. The Morgan fingerprint density at radius 1 is 1.38 bits per heavy atom. The molecular formula is C12H18S. The Hall–Kier alpha value is 0.350. The molecule has 1 heterocycles. The van der Waals surface area contributed by atoms with Crippen molar-refractivity contribution in [1.82, 2.24) is 0 Å². The zero-order chi connectivity index (χ0) is 8.63. The first-order valence-electron chi connectivity index (χ1n) is 6.03. The van der Waals surface area contributed by atoms with Gasteiger partial charge in [-0.05, 0) is 42.9 Å². The zero-order valence-corrected chi connectivity index (χ0v) is 9.15. The minimum atomic E-state index is 0.832. The molecule has 0 amide bonds. The Kier molecular flexibility index (Phi) is 1.25. The summed E-state index contributed by atoms with van der Waals surface area (Å²) in [7, 11) is 0. The van der Waals surface area contributed by atoms with Crippen molar-refractivity contribution in [1.29, 1.82) is 0 Å². The molecule has 6 rings (SSSR count). The minimum absolute atomic E-state index is 0.832. The van der Waals surface area contributed by atoms with Crippen LogP contribution in [0.5, 0.6) is 0 Å². The predicted molar refractivity (Wildman–Crippen MR) is 56.8 cm³/mol. The molecule has 1 heteroatoms. The summed E-state index contributed by atoms with van der Waals surface area (Å²) in [5.74, 6) is 4.85. The first-order chi connectivity index (χ1) is 6.36. The smallest absolute Gasteiger partial charge is 0.0199 e. The van der Waals surface area contributed by atoms with E-state index in [0.717, 1.165) is 10.00 Å². The first kappa shape index (κ1) is 7.62. The Morgan fingerprint density at radius 2 is 2.31 bits per heavy atom.